The third kappa shape index (κ3) is 1.69. The van der Waals surface area contributed by atoms with Crippen LogP contribution in [0.3, 0.4) is 0 Å². The average molecular weight is 196 g/mol. The first kappa shape index (κ1) is 9.01. The van der Waals surface area contributed by atoms with Crippen LogP contribution < -0.4 is 10.6 Å². The number of ether oxygens (including phenoxy) is 1. The number of nitrogen functional groups attached to an aromatic ring is 1. The van der Waals surface area contributed by atoms with Crippen molar-refractivity contribution >= 4 is 11.9 Å². The van der Waals surface area contributed by atoms with Crippen molar-refractivity contribution in [3.8, 4) is 0 Å². The van der Waals surface area contributed by atoms with Crippen LogP contribution in [0.2, 0.25) is 0 Å². The highest BCUT2D eigenvalue weighted by Crippen LogP contribution is 2.15. The van der Waals surface area contributed by atoms with Gasteiger partial charge in [-0.15, -0.1) is 0 Å². The zero-order chi connectivity index (χ0) is 9.97. The predicted molar refractivity (Wildman–Crippen MR) is 50.6 cm³/mol. The number of rotatable bonds is 2. The second kappa shape index (κ2) is 3.67. The zero-order valence-electron chi connectivity index (χ0n) is 7.69. The summed E-state index contributed by atoms with van der Waals surface area (Å²) in [5.41, 5.74) is 5.26. The minimum atomic E-state index is -0.1000. The van der Waals surface area contributed by atoms with Crippen molar-refractivity contribution in [2.45, 2.75) is 0 Å². The molecule has 6 nitrogen and oxygen atoms in total. The minimum Gasteiger partial charge on any atom is -0.420 e. The molecule has 0 unspecified atom stereocenters. The van der Waals surface area contributed by atoms with Gasteiger partial charge in [0.25, 0.3) is 6.01 Å². The fourth-order valence-electron chi connectivity index (χ4n) is 1.29. The lowest BCUT2D eigenvalue weighted by atomic mass is 10.5. The van der Waals surface area contributed by atoms with Crippen LogP contribution in [0.25, 0.3) is 0 Å². The molecule has 0 saturated carbocycles. The normalized spacial score (nSPS) is 17.0. The molecule has 2 rings (SSSR count). The lowest BCUT2D eigenvalue weighted by Gasteiger charge is -2.24. The van der Waals surface area contributed by atoms with E-state index in [1.807, 2.05) is 4.90 Å². The molecule has 0 aromatic carbocycles. The summed E-state index contributed by atoms with van der Waals surface area (Å²) < 4.78 is 10.5. The zero-order valence-corrected chi connectivity index (χ0v) is 7.69. The average Bonchev–Trinajstić information content (AvgIpc) is 2.68. The van der Waals surface area contributed by atoms with Crippen LogP contribution in [0, 0.1) is 5.41 Å². The first-order chi connectivity index (χ1) is 6.77. The lowest BCUT2D eigenvalue weighted by molar-refractivity contribution is 0.120. The molecular weight excluding hydrogens is 184 g/mol. The van der Waals surface area contributed by atoms with E-state index in [2.05, 4.69) is 4.98 Å². The molecule has 6 heteroatoms. The maximum absolute atomic E-state index is 7.16. The number of oxazole rings is 1. The van der Waals surface area contributed by atoms with Crippen molar-refractivity contribution in [1.82, 2.24) is 4.98 Å². The highest BCUT2D eigenvalue weighted by molar-refractivity contribution is 5.92. The van der Waals surface area contributed by atoms with Gasteiger partial charge in [0.2, 0.25) is 0 Å². The Hall–Kier alpha value is -1.56. The van der Waals surface area contributed by atoms with Crippen molar-refractivity contribution in [1.29, 1.82) is 5.41 Å². The van der Waals surface area contributed by atoms with Gasteiger partial charge in [-0.25, -0.2) is 4.98 Å². The summed E-state index contributed by atoms with van der Waals surface area (Å²) in [6, 6.07) is 0.512. The first-order valence-corrected chi connectivity index (χ1v) is 4.40. The van der Waals surface area contributed by atoms with Gasteiger partial charge in [-0.1, -0.05) is 0 Å². The Kier molecular flexibility index (Phi) is 2.36. The summed E-state index contributed by atoms with van der Waals surface area (Å²) in [7, 11) is 0. The highest BCUT2D eigenvalue weighted by Gasteiger charge is 2.16. The van der Waals surface area contributed by atoms with Crippen LogP contribution in [-0.4, -0.2) is 37.1 Å². The van der Waals surface area contributed by atoms with E-state index in [1.165, 1.54) is 6.20 Å². The van der Waals surface area contributed by atoms with Crippen LogP contribution in [0.5, 0.6) is 0 Å². The number of amidine groups is 1. The number of anilines is 1. The van der Waals surface area contributed by atoms with Crippen LogP contribution in [0.15, 0.2) is 10.6 Å². The highest BCUT2D eigenvalue weighted by atomic mass is 16.5. The topological polar surface area (TPSA) is 88.4 Å². The molecule has 76 valence electrons. The largest absolute Gasteiger partial charge is 0.420 e. The van der Waals surface area contributed by atoms with Crippen LogP contribution in [0.4, 0.5) is 6.01 Å². The number of nitrogens with zero attached hydrogens (tertiary/aromatic N) is 2. The number of nitrogens with two attached hydrogens (primary N) is 1. The van der Waals surface area contributed by atoms with E-state index in [-0.39, 0.29) is 5.84 Å². The summed E-state index contributed by atoms with van der Waals surface area (Å²) in [4.78, 5) is 6.01. The maximum Gasteiger partial charge on any atom is 0.298 e. The SMILES string of the molecule is N=C(N)c1cnc(N2CCOCC2)o1. The first-order valence-electron chi connectivity index (χ1n) is 4.40. The van der Waals surface area contributed by atoms with Gasteiger partial charge in [0.1, 0.15) is 0 Å². The molecule has 1 aromatic heterocycles. The molecule has 0 bridgehead atoms. The van der Waals surface area contributed by atoms with Gasteiger partial charge < -0.3 is 19.8 Å². The number of hydrogen-bond donors (Lipinski definition) is 2. The van der Waals surface area contributed by atoms with Crippen molar-refractivity contribution in [2.75, 3.05) is 31.2 Å². The third-order valence-electron chi connectivity index (χ3n) is 2.04. The van der Waals surface area contributed by atoms with Crippen molar-refractivity contribution in [3.05, 3.63) is 12.0 Å². The number of nitrogens with one attached hydrogen (secondary N) is 1. The van der Waals surface area contributed by atoms with Crippen LogP contribution >= 0.6 is 0 Å². The Morgan fingerprint density at radius 1 is 1.50 bits per heavy atom. The third-order valence-corrected chi connectivity index (χ3v) is 2.04. The van der Waals surface area contributed by atoms with Crippen molar-refractivity contribution in [2.24, 2.45) is 5.73 Å². The standard InChI is InChI=1S/C8H12N4O2/c9-7(10)6-5-11-8(14-6)12-1-3-13-4-2-12/h5H,1-4H2,(H3,9,10). The van der Waals surface area contributed by atoms with E-state index in [0.717, 1.165) is 13.1 Å². The van der Waals surface area contributed by atoms with Gasteiger partial charge in [0.15, 0.2) is 11.6 Å². The summed E-state index contributed by atoms with van der Waals surface area (Å²) in [5.74, 6) is 0.212. The van der Waals surface area contributed by atoms with Gasteiger partial charge in [0.05, 0.1) is 19.4 Å². The molecule has 0 atom stereocenters. The Morgan fingerprint density at radius 3 is 2.79 bits per heavy atom. The van der Waals surface area contributed by atoms with E-state index in [1.54, 1.807) is 0 Å². The maximum atomic E-state index is 7.16. The Balaban J connectivity index is 2.11. The second-order valence-corrected chi connectivity index (χ2v) is 3.02. The molecule has 2 heterocycles. The van der Waals surface area contributed by atoms with Crippen LogP contribution in [0.1, 0.15) is 5.76 Å². The number of morpholine rings is 1. The molecule has 14 heavy (non-hydrogen) atoms. The van der Waals surface area contributed by atoms with Crippen molar-refractivity contribution < 1.29 is 9.15 Å². The summed E-state index contributed by atoms with van der Waals surface area (Å²) in [6.07, 6.45) is 1.47. The molecule has 1 aliphatic heterocycles. The molecular formula is C8H12N4O2. The minimum absolute atomic E-state index is 0.1000. The van der Waals surface area contributed by atoms with Gasteiger partial charge in [0, 0.05) is 13.1 Å². The summed E-state index contributed by atoms with van der Waals surface area (Å²) in [6.45, 7) is 2.88. The quantitative estimate of drug-likeness (QED) is 0.505. The van der Waals surface area contributed by atoms with Gasteiger partial charge in [-0.05, 0) is 0 Å². The molecule has 1 aliphatic rings. The molecule has 0 radical (unpaired) electrons. The molecule has 0 spiro atoms. The van der Waals surface area contributed by atoms with E-state index < -0.39 is 0 Å². The van der Waals surface area contributed by atoms with E-state index >= 15 is 0 Å². The fraction of sp³-hybridized carbons (Fsp3) is 0.500. The second-order valence-electron chi connectivity index (χ2n) is 3.02. The monoisotopic (exact) mass is 196 g/mol. The van der Waals surface area contributed by atoms with Gasteiger partial charge >= 0.3 is 0 Å². The smallest absolute Gasteiger partial charge is 0.298 e. The summed E-state index contributed by atoms with van der Waals surface area (Å²) >= 11 is 0. The molecule has 0 amide bonds. The van der Waals surface area contributed by atoms with E-state index in [9.17, 15) is 0 Å². The van der Waals surface area contributed by atoms with Gasteiger partial charge in [-0.2, -0.15) is 0 Å². The van der Waals surface area contributed by atoms with E-state index in [4.69, 9.17) is 20.3 Å². The van der Waals surface area contributed by atoms with Crippen molar-refractivity contribution in [3.63, 3.8) is 0 Å². The number of hydrogen-bond acceptors (Lipinski definition) is 5. The Morgan fingerprint density at radius 2 is 2.21 bits per heavy atom. The molecule has 1 fully saturated rings. The molecule has 0 aliphatic carbocycles. The summed E-state index contributed by atoms with van der Waals surface area (Å²) in [5, 5.41) is 7.16. The Bertz CT molecular complexity index is 330. The Labute approximate surface area is 81.2 Å². The predicted octanol–water partition coefficient (Wildman–Crippen LogP) is -0.205. The number of aromatic nitrogens is 1. The van der Waals surface area contributed by atoms with Crippen LogP contribution in [-0.2, 0) is 4.74 Å². The molecule has 3 N–H and O–H groups in total. The fourth-order valence-corrected chi connectivity index (χ4v) is 1.29. The molecule has 1 saturated heterocycles. The van der Waals surface area contributed by atoms with Gasteiger partial charge in [-0.3, -0.25) is 5.41 Å². The molecule has 1 aromatic rings. The lowest BCUT2D eigenvalue weighted by Crippen LogP contribution is -2.36. The van der Waals surface area contributed by atoms with E-state index in [0.29, 0.717) is 25.0 Å².